The molecule has 0 bridgehead atoms. The van der Waals surface area contributed by atoms with Gasteiger partial charge in [-0.2, -0.15) is 11.8 Å². The van der Waals surface area contributed by atoms with Crippen molar-refractivity contribution in [3.05, 3.63) is 0 Å². The molecule has 0 radical (unpaired) electrons. The van der Waals surface area contributed by atoms with E-state index in [1.807, 2.05) is 0 Å². The minimum absolute atomic E-state index is 0.496. The van der Waals surface area contributed by atoms with Crippen LogP contribution in [0, 0.1) is 12.3 Å². The normalized spacial score (nSPS) is 31.5. The molecule has 0 aromatic heterocycles. The molecule has 0 amide bonds. The van der Waals surface area contributed by atoms with Gasteiger partial charge in [0, 0.05) is 30.4 Å². The van der Waals surface area contributed by atoms with E-state index in [0.717, 1.165) is 19.6 Å². The van der Waals surface area contributed by atoms with Crippen LogP contribution in [-0.2, 0) is 0 Å². The van der Waals surface area contributed by atoms with Gasteiger partial charge < -0.3 is 5.32 Å². The highest BCUT2D eigenvalue weighted by atomic mass is 32.2. The molecule has 2 heterocycles. The Morgan fingerprint density at radius 3 is 2.82 bits per heavy atom. The van der Waals surface area contributed by atoms with Gasteiger partial charge in [0.1, 0.15) is 0 Å². The number of rotatable bonds is 4. The van der Waals surface area contributed by atoms with Crippen LogP contribution >= 0.6 is 11.8 Å². The maximum atomic E-state index is 5.34. The summed E-state index contributed by atoms with van der Waals surface area (Å²) in [5.74, 6) is 4.08. The lowest BCUT2D eigenvalue weighted by Crippen LogP contribution is -2.46. The second-order valence-corrected chi connectivity index (χ2v) is 7.22. The van der Waals surface area contributed by atoms with Crippen LogP contribution in [0.25, 0.3) is 0 Å². The molecule has 17 heavy (non-hydrogen) atoms. The van der Waals surface area contributed by atoms with E-state index in [1.54, 1.807) is 0 Å². The van der Waals surface area contributed by atoms with Crippen molar-refractivity contribution in [2.45, 2.75) is 43.4 Å². The van der Waals surface area contributed by atoms with Gasteiger partial charge in [0.2, 0.25) is 0 Å². The van der Waals surface area contributed by atoms with Crippen molar-refractivity contribution in [3.63, 3.8) is 0 Å². The Balaban J connectivity index is 1.66. The molecule has 1 atom stereocenters. The number of terminal acetylenes is 1. The number of hydrogen-bond acceptors (Lipinski definition) is 3. The van der Waals surface area contributed by atoms with Crippen molar-refractivity contribution < 1.29 is 0 Å². The van der Waals surface area contributed by atoms with Gasteiger partial charge in [-0.15, -0.1) is 6.42 Å². The first-order valence-electron chi connectivity index (χ1n) is 6.75. The minimum Gasteiger partial charge on any atom is -0.313 e. The van der Waals surface area contributed by atoms with E-state index in [1.165, 1.54) is 38.0 Å². The zero-order chi connectivity index (χ0) is 12.1. The first-order valence-corrected chi connectivity index (χ1v) is 7.74. The van der Waals surface area contributed by atoms with E-state index in [9.17, 15) is 0 Å². The number of piperidine rings is 1. The molecule has 0 aliphatic carbocycles. The topological polar surface area (TPSA) is 15.3 Å². The lowest BCUT2D eigenvalue weighted by molar-refractivity contribution is 0.216. The van der Waals surface area contributed by atoms with Crippen molar-refractivity contribution in [1.29, 1.82) is 0 Å². The lowest BCUT2D eigenvalue weighted by atomic mass is 10.0. The standard InChI is InChI=1S/C14H24N2S/c1-3-8-16-9-5-13(6-10-16)15-12-14(2)7-4-11-17-14/h1,13,15H,4-12H2,2H3. The maximum Gasteiger partial charge on any atom is 0.0598 e. The molecule has 2 rings (SSSR count). The monoisotopic (exact) mass is 252 g/mol. The summed E-state index contributed by atoms with van der Waals surface area (Å²) in [6.45, 7) is 6.72. The van der Waals surface area contributed by atoms with Crippen molar-refractivity contribution in [2.24, 2.45) is 0 Å². The summed E-state index contributed by atoms with van der Waals surface area (Å²) in [4.78, 5) is 2.38. The van der Waals surface area contributed by atoms with Crippen LogP contribution in [0.2, 0.25) is 0 Å². The highest BCUT2D eigenvalue weighted by molar-refractivity contribution is 8.00. The van der Waals surface area contributed by atoms with Crippen molar-refractivity contribution >= 4 is 11.8 Å². The Labute approximate surface area is 110 Å². The van der Waals surface area contributed by atoms with Gasteiger partial charge >= 0.3 is 0 Å². The van der Waals surface area contributed by atoms with Gasteiger partial charge in [0.05, 0.1) is 6.54 Å². The van der Waals surface area contributed by atoms with E-state index in [-0.39, 0.29) is 0 Å². The van der Waals surface area contributed by atoms with Gasteiger partial charge in [-0.1, -0.05) is 5.92 Å². The fourth-order valence-electron chi connectivity index (χ4n) is 2.76. The summed E-state index contributed by atoms with van der Waals surface area (Å²) in [6, 6.07) is 0.710. The van der Waals surface area contributed by atoms with E-state index < -0.39 is 0 Å². The summed E-state index contributed by atoms with van der Waals surface area (Å²) in [5.41, 5.74) is 0. The predicted octanol–water partition coefficient (Wildman–Crippen LogP) is 1.96. The third-order valence-corrected chi connectivity index (χ3v) is 5.51. The van der Waals surface area contributed by atoms with Gasteiger partial charge in [-0.05, 0) is 38.4 Å². The molecule has 0 aromatic carbocycles. The summed E-state index contributed by atoms with van der Waals surface area (Å²) >= 11 is 2.14. The SMILES string of the molecule is C#CCN1CCC(NCC2(C)CCCS2)CC1. The third-order valence-electron chi connectivity index (χ3n) is 3.97. The zero-order valence-corrected chi connectivity index (χ0v) is 11.7. The third kappa shape index (κ3) is 3.91. The molecule has 96 valence electrons. The van der Waals surface area contributed by atoms with Crippen LogP contribution in [0.1, 0.15) is 32.6 Å². The number of nitrogens with zero attached hydrogens (tertiary/aromatic N) is 1. The van der Waals surface area contributed by atoms with Crippen LogP contribution in [-0.4, -0.2) is 47.6 Å². The first kappa shape index (κ1) is 13.3. The zero-order valence-electron chi connectivity index (χ0n) is 10.9. The lowest BCUT2D eigenvalue weighted by Gasteiger charge is -2.33. The summed E-state index contributed by atoms with van der Waals surface area (Å²) in [6.07, 6.45) is 10.6. The van der Waals surface area contributed by atoms with Gasteiger partial charge in [-0.3, -0.25) is 4.90 Å². The fraction of sp³-hybridized carbons (Fsp3) is 0.857. The Bertz CT molecular complexity index is 270. The molecule has 0 saturated carbocycles. The number of hydrogen-bond donors (Lipinski definition) is 1. The molecule has 2 aliphatic rings. The van der Waals surface area contributed by atoms with E-state index >= 15 is 0 Å². The Hall–Kier alpha value is -0.170. The molecular weight excluding hydrogens is 228 g/mol. The highest BCUT2D eigenvalue weighted by Crippen LogP contribution is 2.37. The molecule has 2 fully saturated rings. The van der Waals surface area contributed by atoms with Gasteiger partial charge in [-0.25, -0.2) is 0 Å². The molecule has 0 spiro atoms. The minimum atomic E-state index is 0.496. The van der Waals surface area contributed by atoms with Crippen molar-refractivity contribution in [1.82, 2.24) is 10.2 Å². The van der Waals surface area contributed by atoms with Gasteiger partial charge in [0.25, 0.3) is 0 Å². The number of nitrogens with one attached hydrogen (secondary N) is 1. The smallest absolute Gasteiger partial charge is 0.0598 e. The van der Waals surface area contributed by atoms with Gasteiger partial charge in [0.15, 0.2) is 0 Å². The summed E-state index contributed by atoms with van der Waals surface area (Å²) < 4.78 is 0.496. The summed E-state index contributed by atoms with van der Waals surface area (Å²) in [7, 11) is 0. The van der Waals surface area contributed by atoms with Crippen LogP contribution in [0.15, 0.2) is 0 Å². The average molecular weight is 252 g/mol. The Kier molecular flexibility index (Phi) is 4.78. The van der Waals surface area contributed by atoms with Crippen molar-refractivity contribution in [3.8, 4) is 12.3 Å². The van der Waals surface area contributed by atoms with Crippen LogP contribution in [0.4, 0.5) is 0 Å². The molecule has 2 aliphatic heterocycles. The molecule has 1 unspecified atom stereocenters. The summed E-state index contributed by atoms with van der Waals surface area (Å²) in [5, 5.41) is 3.77. The van der Waals surface area contributed by atoms with Crippen molar-refractivity contribution in [2.75, 3.05) is 31.9 Å². The second-order valence-electron chi connectivity index (χ2n) is 5.54. The number of likely N-dealkylation sites (tertiary alicyclic amines) is 1. The maximum absolute atomic E-state index is 5.34. The fourth-order valence-corrected chi connectivity index (χ4v) is 4.02. The molecular formula is C14H24N2S. The predicted molar refractivity (Wildman–Crippen MR) is 76.4 cm³/mol. The van der Waals surface area contributed by atoms with E-state index in [2.05, 4.69) is 34.8 Å². The Morgan fingerprint density at radius 2 is 2.24 bits per heavy atom. The highest BCUT2D eigenvalue weighted by Gasteiger charge is 2.30. The van der Waals surface area contributed by atoms with E-state index in [4.69, 9.17) is 6.42 Å². The molecule has 3 heteroatoms. The van der Waals surface area contributed by atoms with E-state index in [0.29, 0.717) is 10.8 Å². The largest absolute Gasteiger partial charge is 0.313 e. The second kappa shape index (κ2) is 6.13. The quantitative estimate of drug-likeness (QED) is 0.770. The molecule has 2 nitrogen and oxygen atoms in total. The van der Waals surface area contributed by atoms with Crippen LogP contribution in [0.3, 0.4) is 0 Å². The molecule has 2 saturated heterocycles. The number of thioether (sulfide) groups is 1. The molecule has 0 aromatic rings. The molecule has 1 N–H and O–H groups in total. The Morgan fingerprint density at radius 1 is 1.47 bits per heavy atom. The average Bonchev–Trinajstić information content (AvgIpc) is 2.76. The van der Waals surface area contributed by atoms with Crippen LogP contribution in [0.5, 0.6) is 0 Å². The van der Waals surface area contributed by atoms with Crippen LogP contribution < -0.4 is 5.32 Å². The first-order chi connectivity index (χ1) is 8.22.